The molecule has 0 N–H and O–H groups in total. The van der Waals surface area contributed by atoms with E-state index in [0.29, 0.717) is 31.1 Å². The van der Waals surface area contributed by atoms with Crippen molar-refractivity contribution in [1.29, 1.82) is 0 Å². The molecule has 1 aliphatic rings. The summed E-state index contributed by atoms with van der Waals surface area (Å²) >= 11 is 0. The van der Waals surface area contributed by atoms with Crippen molar-refractivity contribution in [3.05, 3.63) is 12.3 Å². The summed E-state index contributed by atoms with van der Waals surface area (Å²) in [5, 5.41) is 0. The molecule has 1 unspecified atom stereocenters. The van der Waals surface area contributed by atoms with E-state index in [1.807, 2.05) is 13.0 Å². The van der Waals surface area contributed by atoms with Crippen molar-refractivity contribution in [1.82, 2.24) is 0 Å². The highest BCUT2D eigenvalue weighted by Crippen LogP contribution is 2.15. The molecule has 0 aromatic heterocycles. The number of hydrogen-bond donors (Lipinski definition) is 0. The Morgan fingerprint density at radius 3 is 3.09 bits per heavy atom. The first-order valence-electron chi connectivity index (χ1n) is 4.11. The lowest BCUT2D eigenvalue weighted by Gasteiger charge is -2.16. The minimum absolute atomic E-state index is 0.342. The summed E-state index contributed by atoms with van der Waals surface area (Å²) in [5.74, 6) is 0.765. The first-order chi connectivity index (χ1) is 5.33. The van der Waals surface area contributed by atoms with Crippen LogP contribution in [0.4, 0.5) is 0 Å². The molecule has 0 aromatic carbocycles. The van der Waals surface area contributed by atoms with Crippen LogP contribution in [0.25, 0.3) is 0 Å². The molecule has 11 heavy (non-hydrogen) atoms. The van der Waals surface area contributed by atoms with E-state index in [1.54, 1.807) is 6.26 Å². The second-order valence-corrected chi connectivity index (χ2v) is 2.90. The Labute approximate surface area is 67.2 Å². The van der Waals surface area contributed by atoms with Crippen LogP contribution in [0.1, 0.15) is 26.2 Å². The van der Waals surface area contributed by atoms with Gasteiger partial charge in [0.25, 0.3) is 0 Å². The standard InChI is InChI=1S/C9H14O2/c1-2-9(10)6-8-4-3-5-11-7-8/h3,5,8H,2,4,6-7H2,1H3. The number of rotatable bonds is 3. The first-order valence-corrected chi connectivity index (χ1v) is 4.11. The van der Waals surface area contributed by atoms with E-state index < -0.39 is 0 Å². The lowest BCUT2D eigenvalue weighted by Crippen LogP contribution is -2.14. The Bertz CT molecular complexity index is 161. The van der Waals surface area contributed by atoms with E-state index in [2.05, 4.69) is 0 Å². The van der Waals surface area contributed by atoms with Crippen LogP contribution in [-0.2, 0) is 9.53 Å². The van der Waals surface area contributed by atoms with Crippen molar-refractivity contribution in [2.45, 2.75) is 26.2 Å². The first kappa shape index (κ1) is 8.31. The Kier molecular flexibility index (Phi) is 3.14. The van der Waals surface area contributed by atoms with Crippen LogP contribution in [0.5, 0.6) is 0 Å². The molecule has 0 spiro atoms. The zero-order valence-corrected chi connectivity index (χ0v) is 6.88. The van der Waals surface area contributed by atoms with E-state index in [1.165, 1.54) is 0 Å². The highest BCUT2D eigenvalue weighted by molar-refractivity contribution is 5.78. The zero-order valence-electron chi connectivity index (χ0n) is 6.88. The van der Waals surface area contributed by atoms with Gasteiger partial charge in [0.05, 0.1) is 12.9 Å². The van der Waals surface area contributed by atoms with Crippen LogP contribution in [0.3, 0.4) is 0 Å². The molecule has 62 valence electrons. The summed E-state index contributed by atoms with van der Waals surface area (Å²) in [6.45, 7) is 2.62. The summed E-state index contributed by atoms with van der Waals surface area (Å²) < 4.78 is 5.09. The van der Waals surface area contributed by atoms with Crippen molar-refractivity contribution in [2.24, 2.45) is 5.92 Å². The highest BCUT2D eigenvalue weighted by atomic mass is 16.5. The second kappa shape index (κ2) is 4.16. The van der Waals surface area contributed by atoms with Gasteiger partial charge in [-0.25, -0.2) is 0 Å². The van der Waals surface area contributed by atoms with Crippen LogP contribution < -0.4 is 0 Å². The molecule has 1 atom stereocenters. The lowest BCUT2D eigenvalue weighted by molar-refractivity contribution is -0.120. The highest BCUT2D eigenvalue weighted by Gasteiger charge is 2.13. The molecule has 1 aliphatic heterocycles. The summed E-state index contributed by atoms with van der Waals surface area (Å²) in [4.78, 5) is 11.0. The molecule has 0 saturated carbocycles. The molecule has 0 bridgehead atoms. The Balaban J connectivity index is 2.26. The van der Waals surface area contributed by atoms with Crippen molar-refractivity contribution in [3.8, 4) is 0 Å². The van der Waals surface area contributed by atoms with Crippen LogP contribution in [0.2, 0.25) is 0 Å². The van der Waals surface area contributed by atoms with Gasteiger partial charge < -0.3 is 4.74 Å². The van der Waals surface area contributed by atoms with Crippen LogP contribution in [0, 0.1) is 5.92 Å². The molecule has 0 saturated heterocycles. The van der Waals surface area contributed by atoms with Gasteiger partial charge >= 0.3 is 0 Å². The lowest BCUT2D eigenvalue weighted by atomic mass is 9.98. The third kappa shape index (κ3) is 2.74. The maximum atomic E-state index is 11.0. The Morgan fingerprint density at radius 2 is 2.55 bits per heavy atom. The average Bonchev–Trinajstić information content (AvgIpc) is 2.06. The molecule has 1 rings (SSSR count). The summed E-state index contributed by atoms with van der Waals surface area (Å²) in [6.07, 6.45) is 6.02. The van der Waals surface area contributed by atoms with E-state index in [0.717, 1.165) is 6.42 Å². The zero-order chi connectivity index (χ0) is 8.10. The SMILES string of the molecule is CCC(=O)CC1CC=COC1. The smallest absolute Gasteiger partial charge is 0.133 e. The Morgan fingerprint density at radius 1 is 1.73 bits per heavy atom. The van der Waals surface area contributed by atoms with Gasteiger partial charge in [0.1, 0.15) is 5.78 Å². The summed E-state index contributed by atoms with van der Waals surface area (Å²) in [7, 11) is 0. The third-order valence-electron chi connectivity index (χ3n) is 1.90. The molecule has 2 nitrogen and oxygen atoms in total. The minimum Gasteiger partial charge on any atom is -0.501 e. The topological polar surface area (TPSA) is 26.3 Å². The molecule has 0 radical (unpaired) electrons. The van der Waals surface area contributed by atoms with Gasteiger partial charge in [0.15, 0.2) is 0 Å². The van der Waals surface area contributed by atoms with Crippen molar-refractivity contribution in [2.75, 3.05) is 6.61 Å². The summed E-state index contributed by atoms with van der Waals surface area (Å²) in [6, 6.07) is 0. The van der Waals surface area contributed by atoms with E-state index in [9.17, 15) is 4.79 Å². The monoisotopic (exact) mass is 154 g/mol. The quantitative estimate of drug-likeness (QED) is 0.620. The largest absolute Gasteiger partial charge is 0.501 e. The van der Waals surface area contributed by atoms with Gasteiger partial charge in [0, 0.05) is 18.8 Å². The second-order valence-electron chi connectivity index (χ2n) is 2.90. The summed E-state index contributed by atoms with van der Waals surface area (Å²) in [5.41, 5.74) is 0. The number of ether oxygens (including phenoxy) is 1. The predicted molar refractivity (Wildman–Crippen MR) is 43.1 cm³/mol. The maximum absolute atomic E-state index is 11.0. The van der Waals surface area contributed by atoms with Gasteiger partial charge in [-0.15, -0.1) is 0 Å². The number of carbonyl (C=O) groups excluding carboxylic acids is 1. The third-order valence-corrected chi connectivity index (χ3v) is 1.90. The van der Waals surface area contributed by atoms with Crippen LogP contribution in [0.15, 0.2) is 12.3 Å². The molecular weight excluding hydrogens is 140 g/mol. The number of allylic oxidation sites excluding steroid dienone is 1. The van der Waals surface area contributed by atoms with E-state index in [-0.39, 0.29) is 0 Å². The van der Waals surface area contributed by atoms with E-state index >= 15 is 0 Å². The molecule has 1 heterocycles. The Hall–Kier alpha value is -0.790. The average molecular weight is 154 g/mol. The fourth-order valence-electron chi connectivity index (χ4n) is 1.18. The number of hydrogen-bond acceptors (Lipinski definition) is 2. The molecule has 0 fully saturated rings. The van der Waals surface area contributed by atoms with E-state index in [4.69, 9.17) is 4.74 Å². The van der Waals surface area contributed by atoms with Crippen molar-refractivity contribution < 1.29 is 9.53 Å². The number of ketones is 1. The van der Waals surface area contributed by atoms with Gasteiger partial charge in [-0.3, -0.25) is 4.79 Å². The van der Waals surface area contributed by atoms with Crippen molar-refractivity contribution >= 4 is 5.78 Å². The minimum atomic E-state index is 0.342. The molecule has 0 amide bonds. The van der Waals surface area contributed by atoms with Crippen molar-refractivity contribution in [3.63, 3.8) is 0 Å². The predicted octanol–water partition coefficient (Wildman–Crippen LogP) is 1.91. The van der Waals surface area contributed by atoms with Gasteiger partial charge in [0.2, 0.25) is 0 Å². The maximum Gasteiger partial charge on any atom is 0.133 e. The molecule has 0 aromatic rings. The van der Waals surface area contributed by atoms with Crippen LogP contribution >= 0.6 is 0 Å². The fraction of sp³-hybridized carbons (Fsp3) is 0.667. The molecule has 0 aliphatic carbocycles. The number of Topliss-reactive ketones (excluding diaryl/α,β-unsaturated/α-hetero) is 1. The van der Waals surface area contributed by atoms with Gasteiger partial charge in [-0.1, -0.05) is 6.92 Å². The molecular formula is C9H14O2. The van der Waals surface area contributed by atoms with Gasteiger partial charge in [-0.05, 0) is 12.5 Å². The normalized spacial score (nSPS) is 22.8. The fourth-order valence-corrected chi connectivity index (χ4v) is 1.18. The molecule has 2 heteroatoms. The van der Waals surface area contributed by atoms with Crippen LogP contribution in [-0.4, -0.2) is 12.4 Å². The number of carbonyl (C=O) groups is 1. The van der Waals surface area contributed by atoms with Gasteiger partial charge in [-0.2, -0.15) is 0 Å².